The minimum Gasteiger partial charge on any atom is -0.300 e. The first-order chi connectivity index (χ1) is 9.06. The van der Waals surface area contributed by atoms with Gasteiger partial charge in [-0.3, -0.25) is 14.5 Å². The second-order valence-electron chi connectivity index (χ2n) is 4.09. The summed E-state index contributed by atoms with van der Waals surface area (Å²) in [6, 6.07) is 8.92. The highest BCUT2D eigenvalue weighted by Crippen LogP contribution is 2.33. The molecule has 0 atom stereocenters. The van der Waals surface area contributed by atoms with Crippen LogP contribution in [0.5, 0.6) is 0 Å². The van der Waals surface area contributed by atoms with E-state index in [0.29, 0.717) is 22.1 Å². The number of benzene rings is 1. The number of carbonyl (C=O) groups excluding carboxylic acids is 2. The van der Waals surface area contributed by atoms with Gasteiger partial charge in [-0.05, 0) is 30.3 Å². The molecule has 1 aromatic heterocycles. The number of carbonyl (C=O) groups is 2. The van der Waals surface area contributed by atoms with Crippen molar-refractivity contribution in [2.24, 2.45) is 0 Å². The van der Waals surface area contributed by atoms with Crippen molar-refractivity contribution < 1.29 is 9.59 Å². The standard InChI is InChI=1S/C13H7BrClNO2S/c14-7-1-3-10-9(5-7)12(17)13(18)16(10)6-8-2-4-11(15)19-8/h1-5H,6H2. The average Bonchev–Trinajstić information content (AvgIpc) is 2.88. The lowest BCUT2D eigenvalue weighted by Crippen LogP contribution is -2.28. The third kappa shape index (κ3) is 2.22. The van der Waals surface area contributed by atoms with E-state index in [2.05, 4.69) is 15.9 Å². The van der Waals surface area contributed by atoms with Crippen molar-refractivity contribution in [1.82, 2.24) is 0 Å². The molecule has 0 radical (unpaired) electrons. The largest absolute Gasteiger partial charge is 0.300 e. The smallest absolute Gasteiger partial charge is 0.299 e. The molecule has 0 aliphatic carbocycles. The van der Waals surface area contributed by atoms with E-state index < -0.39 is 11.7 Å². The van der Waals surface area contributed by atoms with Crippen LogP contribution in [0.4, 0.5) is 5.69 Å². The number of halogens is 2. The van der Waals surface area contributed by atoms with Gasteiger partial charge in [0, 0.05) is 9.35 Å². The maximum Gasteiger partial charge on any atom is 0.299 e. The zero-order valence-electron chi connectivity index (χ0n) is 9.52. The molecule has 0 bridgehead atoms. The third-order valence-electron chi connectivity index (χ3n) is 2.88. The minimum absolute atomic E-state index is 0.372. The predicted molar refractivity (Wildman–Crippen MR) is 79.0 cm³/mol. The molecule has 0 spiro atoms. The zero-order valence-corrected chi connectivity index (χ0v) is 12.7. The van der Waals surface area contributed by atoms with Gasteiger partial charge in [-0.2, -0.15) is 0 Å². The number of anilines is 1. The Hall–Kier alpha value is -1.17. The Balaban J connectivity index is 1.99. The number of hydrogen-bond donors (Lipinski definition) is 0. The first-order valence-corrected chi connectivity index (χ1v) is 7.45. The Bertz CT molecular complexity index is 698. The Morgan fingerprint density at radius 3 is 2.68 bits per heavy atom. The number of Topliss-reactive ketones (excluding diaryl/α,β-unsaturated/α-hetero) is 1. The fourth-order valence-electron chi connectivity index (χ4n) is 2.02. The summed E-state index contributed by atoms with van der Waals surface area (Å²) in [6.45, 7) is 0.372. The number of hydrogen-bond acceptors (Lipinski definition) is 3. The fraction of sp³-hybridized carbons (Fsp3) is 0.0769. The first-order valence-electron chi connectivity index (χ1n) is 5.46. The van der Waals surface area contributed by atoms with Crippen molar-refractivity contribution >= 4 is 56.2 Å². The fourth-order valence-corrected chi connectivity index (χ4v) is 3.46. The van der Waals surface area contributed by atoms with Gasteiger partial charge in [0.1, 0.15) is 0 Å². The van der Waals surface area contributed by atoms with Crippen LogP contribution in [0.25, 0.3) is 0 Å². The molecule has 3 rings (SSSR count). The van der Waals surface area contributed by atoms with Gasteiger partial charge in [0.15, 0.2) is 0 Å². The van der Waals surface area contributed by atoms with Gasteiger partial charge in [-0.25, -0.2) is 0 Å². The van der Waals surface area contributed by atoms with Crippen molar-refractivity contribution in [2.75, 3.05) is 4.90 Å². The Morgan fingerprint density at radius 1 is 1.21 bits per heavy atom. The lowest BCUT2D eigenvalue weighted by molar-refractivity contribution is -0.114. The van der Waals surface area contributed by atoms with Gasteiger partial charge >= 0.3 is 0 Å². The summed E-state index contributed by atoms with van der Waals surface area (Å²) in [5.74, 6) is -0.948. The van der Waals surface area contributed by atoms with Gasteiger partial charge in [0.05, 0.1) is 22.1 Å². The van der Waals surface area contributed by atoms with Crippen molar-refractivity contribution in [1.29, 1.82) is 0 Å². The first kappa shape index (κ1) is 12.8. The summed E-state index contributed by atoms with van der Waals surface area (Å²) in [5.41, 5.74) is 1.10. The summed E-state index contributed by atoms with van der Waals surface area (Å²) in [6.07, 6.45) is 0. The highest BCUT2D eigenvalue weighted by molar-refractivity contribution is 9.10. The monoisotopic (exact) mass is 355 g/mol. The normalized spacial score (nSPS) is 14.1. The van der Waals surface area contributed by atoms with E-state index in [4.69, 9.17) is 11.6 Å². The molecule has 0 saturated carbocycles. The van der Waals surface area contributed by atoms with Crippen LogP contribution in [-0.4, -0.2) is 11.7 Å². The van der Waals surface area contributed by atoms with Gasteiger partial charge < -0.3 is 0 Å². The van der Waals surface area contributed by atoms with Gasteiger partial charge in [0.2, 0.25) is 0 Å². The molecule has 2 aromatic rings. The molecule has 6 heteroatoms. The molecule has 0 unspecified atom stereocenters. The van der Waals surface area contributed by atoms with Crippen molar-refractivity contribution in [3.63, 3.8) is 0 Å². The van der Waals surface area contributed by atoms with E-state index in [1.165, 1.54) is 16.2 Å². The average molecular weight is 357 g/mol. The molecule has 0 fully saturated rings. The van der Waals surface area contributed by atoms with Crippen LogP contribution in [0, 0.1) is 0 Å². The summed E-state index contributed by atoms with van der Waals surface area (Å²) < 4.78 is 1.46. The van der Waals surface area contributed by atoms with Crippen LogP contribution in [0.1, 0.15) is 15.2 Å². The van der Waals surface area contributed by atoms with E-state index in [1.54, 1.807) is 18.2 Å². The van der Waals surface area contributed by atoms with Crippen LogP contribution in [0.2, 0.25) is 4.34 Å². The highest BCUT2D eigenvalue weighted by Gasteiger charge is 2.35. The van der Waals surface area contributed by atoms with Crippen LogP contribution < -0.4 is 4.90 Å². The predicted octanol–water partition coefficient (Wildman–Crippen LogP) is 3.89. The van der Waals surface area contributed by atoms with E-state index in [-0.39, 0.29) is 0 Å². The number of fused-ring (bicyclic) bond motifs is 1. The third-order valence-corrected chi connectivity index (χ3v) is 4.59. The van der Waals surface area contributed by atoms with Crippen molar-refractivity contribution in [3.05, 3.63) is 49.6 Å². The SMILES string of the molecule is O=C1C(=O)N(Cc2ccc(Cl)s2)c2ccc(Br)cc21. The summed E-state index contributed by atoms with van der Waals surface area (Å²) in [7, 11) is 0. The second-order valence-corrected chi connectivity index (χ2v) is 6.80. The summed E-state index contributed by atoms with van der Waals surface area (Å²) in [5, 5.41) is 0. The Labute approximate surface area is 126 Å². The summed E-state index contributed by atoms with van der Waals surface area (Å²) >= 11 is 10.6. The summed E-state index contributed by atoms with van der Waals surface area (Å²) in [4.78, 5) is 26.4. The maximum absolute atomic E-state index is 12.0. The lowest BCUT2D eigenvalue weighted by atomic mass is 10.1. The number of ketones is 1. The van der Waals surface area contributed by atoms with E-state index in [1.807, 2.05) is 12.1 Å². The van der Waals surface area contributed by atoms with Crippen molar-refractivity contribution in [2.45, 2.75) is 6.54 Å². The lowest BCUT2D eigenvalue weighted by Gasteiger charge is -2.15. The molecular weight excluding hydrogens is 350 g/mol. The molecule has 19 heavy (non-hydrogen) atoms. The number of thiophene rings is 1. The molecule has 3 nitrogen and oxygen atoms in total. The molecule has 0 N–H and O–H groups in total. The Morgan fingerprint density at radius 2 is 2.00 bits per heavy atom. The van der Waals surface area contributed by atoms with E-state index >= 15 is 0 Å². The molecule has 1 aliphatic heterocycles. The molecule has 1 aromatic carbocycles. The van der Waals surface area contributed by atoms with Gasteiger partial charge in [-0.1, -0.05) is 27.5 Å². The molecule has 1 aliphatic rings. The zero-order chi connectivity index (χ0) is 13.6. The second kappa shape index (κ2) is 4.74. The topological polar surface area (TPSA) is 37.4 Å². The minimum atomic E-state index is -0.488. The molecule has 0 saturated heterocycles. The number of nitrogens with zero attached hydrogens (tertiary/aromatic N) is 1. The maximum atomic E-state index is 12.0. The van der Waals surface area contributed by atoms with Gasteiger partial charge in [-0.15, -0.1) is 11.3 Å². The number of amides is 1. The molecular formula is C13H7BrClNO2S. The molecule has 2 heterocycles. The molecule has 1 amide bonds. The molecule has 96 valence electrons. The van der Waals surface area contributed by atoms with Crippen LogP contribution >= 0.6 is 38.9 Å². The van der Waals surface area contributed by atoms with Crippen LogP contribution in [0.15, 0.2) is 34.8 Å². The van der Waals surface area contributed by atoms with E-state index in [9.17, 15) is 9.59 Å². The number of rotatable bonds is 2. The quantitative estimate of drug-likeness (QED) is 0.766. The van der Waals surface area contributed by atoms with Crippen LogP contribution in [-0.2, 0) is 11.3 Å². The van der Waals surface area contributed by atoms with E-state index in [0.717, 1.165) is 9.35 Å². The van der Waals surface area contributed by atoms with Gasteiger partial charge in [0.25, 0.3) is 11.7 Å². The van der Waals surface area contributed by atoms with Crippen LogP contribution in [0.3, 0.4) is 0 Å². The highest BCUT2D eigenvalue weighted by atomic mass is 79.9. The Kier molecular flexibility index (Phi) is 3.20. The van der Waals surface area contributed by atoms with Crippen molar-refractivity contribution in [3.8, 4) is 0 Å².